The second-order valence-corrected chi connectivity index (χ2v) is 4.05. The Morgan fingerprint density at radius 1 is 1.37 bits per heavy atom. The highest BCUT2D eigenvalue weighted by molar-refractivity contribution is 5.44. The highest BCUT2D eigenvalue weighted by atomic mass is 16.6. The van der Waals surface area contributed by atoms with E-state index in [0.717, 1.165) is 0 Å². The molecule has 0 atom stereocenters. The number of nitrogens with zero attached hydrogens (tertiary/aromatic N) is 2. The van der Waals surface area contributed by atoms with Gasteiger partial charge in [-0.3, -0.25) is 10.1 Å². The summed E-state index contributed by atoms with van der Waals surface area (Å²) in [5.74, 6) is 0.994. The fourth-order valence-corrected chi connectivity index (χ4v) is 1.66. The lowest BCUT2D eigenvalue weighted by atomic mass is 10.2. The predicted octanol–water partition coefficient (Wildman–Crippen LogP) is 2.46. The standard InChI is InChI=1S/C13H13N3O3/c1-9-7-11(5-6-12(9)16(17)18)19-8-10-3-2-4-13(14)15-10/h2-7H,8H2,1H3,(H2,14,15). The average Bonchev–Trinajstić information content (AvgIpc) is 2.36. The number of benzene rings is 1. The van der Waals surface area contributed by atoms with E-state index in [4.69, 9.17) is 10.5 Å². The van der Waals surface area contributed by atoms with Gasteiger partial charge in [0, 0.05) is 11.6 Å². The third kappa shape index (κ3) is 3.19. The first-order chi connectivity index (χ1) is 9.06. The molecule has 2 rings (SSSR count). The molecule has 1 heterocycles. The third-order valence-electron chi connectivity index (χ3n) is 2.58. The first-order valence-electron chi connectivity index (χ1n) is 5.65. The van der Waals surface area contributed by atoms with Crippen molar-refractivity contribution in [2.24, 2.45) is 0 Å². The second-order valence-electron chi connectivity index (χ2n) is 4.05. The van der Waals surface area contributed by atoms with Crippen LogP contribution in [-0.4, -0.2) is 9.91 Å². The molecular weight excluding hydrogens is 246 g/mol. The Morgan fingerprint density at radius 2 is 2.16 bits per heavy atom. The summed E-state index contributed by atoms with van der Waals surface area (Å²) in [6.07, 6.45) is 0. The fourth-order valence-electron chi connectivity index (χ4n) is 1.66. The molecule has 98 valence electrons. The van der Waals surface area contributed by atoms with Crippen molar-refractivity contribution in [1.82, 2.24) is 4.98 Å². The Labute approximate surface area is 110 Å². The fraction of sp³-hybridized carbons (Fsp3) is 0.154. The molecule has 6 heteroatoms. The summed E-state index contributed by atoms with van der Waals surface area (Å²) in [7, 11) is 0. The minimum Gasteiger partial charge on any atom is -0.487 e. The molecule has 1 aromatic heterocycles. The van der Waals surface area contributed by atoms with E-state index in [1.807, 2.05) is 0 Å². The van der Waals surface area contributed by atoms with Crippen molar-refractivity contribution in [3.8, 4) is 5.75 Å². The number of nitrogens with two attached hydrogens (primary N) is 1. The van der Waals surface area contributed by atoms with Crippen molar-refractivity contribution in [1.29, 1.82) is 0 Å². The predicted molar refractivity (Wildman–Crippen MR) is 70.8 cm³/mol. The van der Waals surface area contributed by atoms with Crippen LogP contribution < -0.4 is 10.5 Å². The Kier molecular flexibility index (Phi) is 3.61. The van der Waals surface area contributed by atoms with E-state index >= 15 is 0 Å². The van der Waals surface area contributed by atoms with Crippen molar-refractivity contribution in [2.75, 3.05) is 5.73 Å². The molecule has 2 aromatic rings. The largest absolute Gasteiger partial charge is 0.487 e. The summed E-state index contributed by atoms with van der Waals surface area (Å²) in [5, 5.41) is 10.7. The molecular formula is C13H13N3O3. The first-order valence-corrected chi connectivity index (χ1v) is 5.65. The zero-order valence-electron chi connectivity index (χ0n) is 10.4. The molecule has 0 saturated carbocycles. The normalized spacial score (nSPS) is 10.2. The molecule has 0 amide bonds. The minimum atomic E-state index is -0.418. The number of nitro groups is 1. The first kappa shape index (κ1) is 12.8. The lowest BCUT2D eigenvalue weighted by Crippen LogP contribution is -2.01. The van der Waals surface area contributed by atoms with E-state index < -0.39 is 4.92 Å². The minimum absolute atomic E-state index is 0.0782. The Balaban J connectivity index is 2.08. The molecule has 6 nitrogen and oxygen atoms in total. The number of rotatable bonds is 4. The van der Waals surface area contributed by atoms with Gasteiger partial charge in [-0.25, -0.2) is 4.98 Å². The SMILES string of the molecule is Cc1cc(OCc2cccc(N)n2)ccc1[N+](=O)[O-]. The number of aryl methyl sites for hydroxylation is 1. The van der Waals surface area contributed by atoms with E-state index in [9.17, 15) is 10.1 Å². The molecule has 0 unspecified atom stereocenters. The summed E-state index contributed by atoms with van der Waals surface area (Å²) >= 11 is 0. The van der Waals surface area contributed by atoms with Gasteiger partial charge in [0.05, 0.1) is 10.6 Å². The highest BCUT2D eigenvalue weighted by Crippen LogP contribution is 2.23. The van der Waals surface area contributed by atoms with Crippen molar-refractivity contribution in [3.63, 3.8) is 0 Å². The highest BCUT2D eigenvalue weighted by Gasteiger charge is 2.10. The molecule has 0 aliphatic carbocycles. The maximum Gasteiger partial charge on any atom is 0.272 e. The van der Waals surface area contributed by atoms with Gasteiger partial charge in [-0.05, 0) is 31.2 Å². The van der Waals surface area contributed by atoms with Crippen LogP contribution in [0.25, 0.3) is 0 Å². The average molecular weight is 259 g/mol. The molecule has 2 N–H and O–H groups in total. The summed E-state index contributed by atoms with van der Waals surface area (Å²) in [6.45, 7) is 1.94. The summed E-state index contributed by atoms with van der Waals surface area (Å²) in [4.78, 5) is 14.4. The van der Waals surface area contributed by atoms with Crippen LogP contribution in [0, 0.1) is 17.0 Å². The topological polar surface area (TPSA) is 91.3 Å². The van der Waals surface area contributed by atoms with Gasteiger partial charge in [0.25, 0.3) is 5.69 Å². The van der Waals surface area contributed by atoms with Gasteiger partial charge in [-0.1, -0.05) is 6.07 Å². The second kappa shape index (κ2) is 5.34. The van der Waals surface area contributed by atoms with E-state index in [2.05, 4.69) is 4.98 Å². The van der Waals surface area contributed by atoms with Gasteiger partial charge >= 0.3 is 0 Å². The monoisotopic (exact) mass is 259 g/mol. The Hall–Kier alpha value is -2.63. The van der Waals surface area contributed by atoms with Crippen LogP contribution in [0.15, 0.2) is 36.4 Å². The number of nitro benzene ring substituents is 1. The zero-order valence-corrected chi connectivity index (χ0v) is 10.4. The molecule has 0 radical (unpaired) electrons. The summed E-state index contributed by atoms with van der Waals surface area (Å²) < 4.78 is 5.52. The van der Waals surface area contributed by atoms with Crippen molar-refractivity contribution >= 4 is 11.5 Å². The number of hydrogen-bond acceptors (Lipinski definition) is 5. The van der Waals surface area contributed by atoms with Crippen LogP contribution >= 0.6 is 0 Å². The van der Waals surface area contributed by atoms with Crippen LogP contribution in [-0.2, 0) is 6.61 Å². The van der Waals surface area contributed by atoms with Crippen molar-refractivity contribution < 1.29 is 9.66 Å². The molecule has 0 aliphatic heterocycles. The molecule has 0 fully saturated rings. The molecule has 0 bridgehead atoms. The van der Waals surface area contributed by atoms with Crippen LogP contribution in [0.4, 0.5) is 11.5 Å². The van der Waals surface area contributed by atoms with E-state index in [-0.39, 0.29) is 12.3 Å². The number of ether oxygens (including phenoxy) is 1. The molecule has 19 heavy (non-hydrogen) atoms. The number of pyridine rings is 1. The summed E-state index contributed by atoms with van der Waals surface area (Å²) in [5.41, 5.74) is 6.90. The van der Waals surface area contributed by atoms with Gasteiger partial charge in [0.2, 0.25) is 0 Å². The smallest absolute Gasteiger partial charge is 0.272 e. The van der Waals surface area contributed by atoms with Gasteiger partial charge < -0.3 is 10.5 Å². The number of anilines is 1. The van der Waals surface area contributed by atoms with Crippen LogP contribution in [0.2, 0.25) is 0 Å². The summed E-state index contributed by atoms with van der Waals surface area (Å²) in [6, 6.07) is 9.91. The Bertz CT molecular complexity index is 614. The van der Waals surface area contributed by atoms with Crippen molar-refractivity contribution in [3.05, 3.63) is 57.8 Å². The number of aromatic nitrogens is 1. The lowest BCUT2D eigenvalue weighted by Gasteiger charge is -2.07. The molecule has 0 aliphatic rings. The van der Waals surface area contributed by atoms with E-state index in [1.54, 1.807) is 37.3 Å². The maximum atomic E-state index is 10.7. The van der Waals surface area contributed by atoms with E-state index in [0.29, 0.717) is 22.8 Å². The number of hydrogen-bond donors (Lipinski definition) is 1. The van der Waals surface area contributed by atoms with Crippen molar-refractivity contribution in [2.45, 2.75) is 13.5 Å². The maximum absolute atomic E-state index is 10.7. The lowest BCUT2D eigenvalue weighted by molar-refractivity contribution is -0.385. The van der Waals surface area contributed by atoms with Gasteiger partial charge in [-0.15, -0.1) is 0 Å². The van der Waals surface area contributed by atoms with E-state index in [1.165, 1.54) is 6.07 Å². The van der Waals surface area contributed by atoms with Crippen LogP contribution in [0.3, 0.4) is 0 Å². The van der Waals surface area contributed by atoms with Gasteiger partial charge in [-0.2, -0.15) is 0 Å². The molecule has 0 saturated heterocycles. The number of nitrogen functional groups attached to an aromatic ring is 1. The van der Waals surface area contributed by atoms with Gasteiger partial charge in [0.1, 0.15) is 18.2 Å². The molecule has 0 spiro atoms. The van der Waals surface area contributed by atoms with Crippen LogP contribution in [0.1, 0.15) is 11.3 Å². The third-order valence-corrected chi connectivity index (χ3v) is 2.58. The van der Waals surface area contributed by atoms with Gasteiger partial charge in [0.15, 0.2) is 0 Å². The van der Waals surface area contributed by atoms with Crippen LogP contribution in [0.5, 0.6) is 5.75 Å². The Morgan fingerprint density at radius 3 is 2.79 bits per heavy atom. The molecule has 1 aromatic carbocycles. The quantitative estimate of drug-likeness (QED) is 0.672. The zero-order chi connectivity index (χ0) is 13.8.